The van der Waals surface area contributed by atoms with Crippen LogP contribution in [-0.4, -0.2) is 24.2 Å². The summed E-state index contributed by atoms with van der Waals surface area (Å²) in [6, 6.07) is 2.51. The quantitative estimate of drug-likeness (QED) is 0.862. The van der Waals surface area contributed by atoms with Gasteiger partial charge in [-0.05, 0) is 25.5 Å². The van der Waals surface area contributed by atoms with E-state index in [1.807, 2.05) is 0 Å². The van der Waals surface area contributed by atoms with E-state index in [1.54, 1.807) is 4.90 Å². The number of benzene rings is 1. The molecule has 1 aliphatic heterocycles. The van der Waals surface area contributed by atoms with Crippen LogP contribution in [0.5, 0.6) is 0 Å². The highest BCUT2D eigenvalue weighted by molar-refractivity contribution is 5.72. The van der Waals surface area contributed by atoms with E-state index in [9.17, 15) is 13.6 Å². The number of hydrogen-bond donors (Lipinski definition) is 1. The number of rotatable bonds is 2. The van der Waals surface area contributed by atoms with Gasteiger partial charge in [-0.3, -0.25) is 4.79 Å². The topological polar surface area (TPSA) is 40.5 Å². The van der Waals surface area contributed by atoms with Crippen LogP contribution < -0.4 is 4.90 Å². The van der Waals surface area contributed by atoms with E-state index in [-0.39, 0.29) is 5.56 Å². The van der Waals surface area contributed by atoms with Crippen molar-refractivity contribution >= 4 is 11.7 Å². The normalized spacial score (nSPS) is 19.7. The number of carboxylic acids is 1. The molecule has 1 N–H and O–H groups in total. The van der Waals surface area contributed by atoms with E-state index in [4.69, 9.17) is 5.11 Å². The number of halogens is 2. The van der Waals surface area contributed by atoms with Gasteiger partial charge in [0, 0.05) is 24.3 Å². The summed E-state index contributed by atoms with van der Waals surface area (Å²) in [5.41, 5.74) is 0.400. The Morgan fingerprint density at radius 1 is 1.41 bits per heavy atom. The van der Waals surface area contributed by atoms with E-state index in [0.29, 0.717) is 25.2 Å². The molecular weight excluding hydrogens is 228 g/mol. The van der Waals surface area contributed by atoms with Crippen LogP contribution in [0.15, 0.2) is 12.1 Å². The summed E-state index contributed by atoms with van der Waals surface area (Å²) >= 11 is 0. The Bertz CT molecular complexity index is 439. The monoisotopic (exact) mass is 241 g/mol. The minimum Gasteiger partial charge on any atom is -0.481 e. The van der Waals surface area contributed by atoms with Crippen molar-refractivity contribution < 1.29 is 18.7 Å². The predicted octanol–water partition coefficient (Wildman–Crippen LogP) is 2.18. The lowest BCUT2D eigenvalue weighted by Gasteiger charge is -2.18. The Kier molecular flexibility index (Phi) is 3.00. The predicted molar refractivity (Wildman–Crippen MR) is 59.1 cm³/mol. The second-order valence-electron chi connectivity index (χ2n) is 4.30. The van der Waals surface area contributed by atoms with Crippen LogP contribution in [0.25, 0.3) is 0 Å². The molecule has 1 saturated heterocycles. The maximum absolute atomic E-state index is 13.4. The van der Waals surface area contributed by atoms with E-state index >= 15 is 0 Å². The van der Waals surface area contributed by atoms with Gasteiger partial charge in [-0.1, -0.05) is 0 Å². The van der Waals surface area contributed by atoms with Crippen molar-refractivity contribution in [2.45, 2.75) is 13.3 Å². The van der Waals surface area contributed by atoms with Gasteiger partial charge in [-0.15, -0.1) is 0 Å². The van der Waals surface area contributed by atoms with Crippen LogP contribution in [-0.2, 0) is 4.79 Å². The molecule has 0 bridgehead atoms. The largest absolute Gasteiger partial charge is 0.481 e. The third-order valence-corrected chi connectivity index (χ3v) is 3.17. The smallest absolute Gasteiger partial charge is 0.308 e. The molecule has 1 atom stereocenters. The summed E-state index contributed by atoms with van der Waals surface area (Å²) in [4.78, 5) is 12.5. The highest BCUT2D eigenvalue weighted by atomic mass is 19.1. The summed E-state index contributed by atoms with van der Waals surface area (Å²) in [7, 11) is 0. The lowest BCUT2D eigenvalue weighted by atomic mass is 10.1. The summed E-state index contributed by atoms with van der Waals surface area (Å²) in [6.45, 7) is 2.19. The average molecular weight is 241 g/mol. The number of carbonyl (C=O) groups is 1. The van der Waals surface area contributed by atoms with Gasteiger partial charge in [0.1, 0.15) is 11.6 Å². The second kappa shape index (κ2) is 4.31. The minimum absolute atomic E-state index is 0.0114. The standard InChI is InChI=1S/C12H13F2NO2/c1-7-10(13)4-9(5-11(7)14)15-3-2-8(6-15)12(16)17/h4-5,8H,2-3,6H2,1H3,(H,16,17). The van der Waals surface area contributed by atoms with Gasteiger partial charge in [0.05, 0.1) is 5.92 Å². The highest BCUT2D eigenvalue weighted by Crippen LogP contribution is 2.27. The Morgan fingerprint density at radius 2 is 2.00 bits per heavy atom. The molecule has 0 amide bonds. The molecule has 0 aliphatic carbocycles. The molecule has 3 nitrogen and oxygen atoms in total. The number of carboxylic acid groups (broad SMARTS) is 1. The molecule has 2 rings (SSSR count). The zero-order valence-corrected chi connectivity index (χ0v) is 9.41. The van der Waals surface area contributed by atoms with Crippen LogP contribution in [0.3, 0.4) is 0 Å². The van der Waals surface area contributed by atoms with Crippen LogP contribution >= 0.6 is 0 Å². The fourth-order valence-electron chi connectivity index (χ4n) is 2.01. The zero-order chi connectivity index (χ0) is 12.6. The summed E-state index contributed by atoms with van der Waals surface area (Å²) < 4.78 is 26.7. The maximum atomic E-state index is 13.4. The number of anilines is 1. The van der Waals surface area contributed by atoms with Gasteiger partial charge in [0.25, 0.3) is 0 Å². The van der Waals surface area contributed by atoms with Crippen molar-refractivity contribution in [3.63, 3.8) is 0 Å². The average Bonchev–Trinajstić information content (AvgIpc) is 2.74. The van der Waals surface area contributed by atoms with Gasteiger partial charge < -0.3 is 10.0 Å². The highest BCUT2D eigenvalue weighted by Gasteiger charge is 2.28. The summed E-state index contributed by atoms with van der Waals surface area (Å²) in [5.74, 6) is -2.51. The molecule has 1 heterocycles. The molecule has 17 heavy (non-hydrogen) atoms. The number of nitrogens with zero attached hydrogens (tertiary/aromatic N) is 1. The maximum Gasteiger partial charge on any atom is 0.308 e. The first-order valence-electron chi connectivity index (χ1n) is 5.42. The lowest BCUT2D eigenvalue weighted by Crippen LogP contribution is -2.23. The van der Waals surface area contributed by atoms with Gasteiger partial charge in [0.2, 0.25) is 0 Å². The van der Waals surface area contributed by atoms with E-state index in [2.05, 4.69) is 0 Å². The molecule has 1 aromatic rings. The molecule has 0 radical (unpaired) electrons. The first-order chi connectivity index (χ1) is 7.99. The van der Waals surface area contributed by atoms with Crippen molar-refractivity contribution in [1.29, 1.82) is 0 Å². The molecule has 0 aromatic heterocycles. The number of aliphatic carboxylic acids is 1. The van der Waals surface area contributed by atoms with Crippen LogP contribution in [0.2, 0.25) is 0 Å². The first kappa shape index (κ1) is 11.8. The van der Waals surface area contributed by atoms with Gasteiger partial charge in [0.15, 0.2) is 0 Å². The van der Waals surface area contributed by atoms with Crippen LogP contribution in [0.1, 0.15) is 12.0 Å². The summed E-state index contributed by atoms with van der Waals surface area (Å²) in [5, 5.41) is 8.86. The molecule has 1 aliphatic rings. The number of hydrogen-bond acceptors (Lipinski definition) is 2. The summed E-state index contributed by atoms with van der Waals surface area (Å²) in [6.07, 6.45) is 0.506. The zero-order valence-electron chi connectivity index (χ0n) is 9.41. The van der Waals surface area contributed by atoms with Crippen molar-refractivity contribution in [2.24, 2.45) is 5.92 Å². The van der Waals surface area contributed by atoms with Gasteiger partial charge in [-0.25, -0.2) is 8.78 Å². The van der Waals surface area contributed by atoms with Crippen molar-refractivity contribution in [1.82, 2.24) is 0 Å². The third kappa shape index (κ3) is 2.23. The fraction of sp³-hybridized carbons (Fsp3) is 0.417. The SMILES string of the molecule is Cc1c(F)cc(N2CCC(C(=O)O)C2)cc1F. The van der Waals surface area contributed by atoms with Gasteiger partial charge >= 0.3 is 5.97 Å². The molecule has 1 aromatic carbocycles. The van der Waals surface area contributed by atoms with Crippen molar-refractivity contribution in [2.75, 3.05) is 18.0 Å². The van der Waals surface area contributed by atoms with Crippen LogP contribution in [0, 0.1) is 24.5 Å². The second-order valence-corrected chi connectivity index (χ2v) is 4.30. The van der Waals surface area contributed by atoms with E-state index in [1.165, 1.54) is 19.1 Å². The Labute approximate surface area is 97.7 Å². The molecule has 92 valence electrons. The third-order valence-electron chi connectivity index (χ3n) is 3.17. The molecule has 0 saturated carbocycles. The molecule has 5 heteroatoms. The van der Waals surface area contributed by atoms with E-state index < -0.39 is 23.5 Å². The molecule has 1 unspecified atom stereocenters. The Morgan fingerprint density at radius 3 is 2.47 bits per heavy atom. The molecule has 1 fully saturated rings. The van der Waals surface area contributed by atoms with Crippen molar-refractivity contribution in [3.05, 3.63) is 29.3 Å². The van der Waals surface area contributed by atoms with E-state index in [0.717, 1.165) is 0 Å². The fourth-order valence-corrected chi connectivity index (χ4v) is 2.01. The molecule has 0 spiro atoms. The Balaban J connectivity index is 2.22. The molecular formula is C12H13F2NO2. The first-order valence-corrected chi connectivity index (χ1v) is 5.42. The minimum atomic E-state index is -0.861. The van der Waals surface area contributed by atoms with Crippen molar-refractivity contribution in [3.8, 4) is 0 Å². The van der Waals surface area contributed by atoms with Crippen LogP contribution in [0.4, 0.5) is 14.5 Å². The van der Waals surface area contributed by atoms with Gasteiger partial charge in [-0.2, -0.15) is 0 Å². The Hall–Kier alpha value is -1.65. The lowest BCUT2D eigenvalue weighted by molar-refractivity contribution is -0.140.